The van der Waals surface area contributed by atoms with Crippen molar-refractivity contribution in [2.24, 2.45) is 5.92 Å². The number of methoxy groups -OCH3 is 1. The number of nitrogens with zero attached hydrogens (tertiary/aromatic N) is 1. The van der Waals surface area contributed by atoms with Crippen LogP contribution in [0, 0.1) is 5.92 Å². The molecule has 1 saturated heterocycles. The van der Waals surface area contributed by atoms with E-state index >= 15 is 0 Å². The van der Waals surface area contributed by atoms with E-state index in [2.05, 4.69) is 37.5 Å². The summed E-state index contributed by atoms with van der Waals surface area (Å²) in [5, 5.41) is 24.0. The molecule has 0 radical (unpaired) electrons. The van der Waals surface area contributed by atoms with Crippen molar-refractivity contribution in [1.29, 1.82) is 0 Å². The van der Waals surface area contributed by atoms with Gasteiger partial charge >= 0.3 is 0 Å². The average molecular weight is 623 g/mol. The van der Waals surface area contributed by atoms with E-state index in [-0.39, 0.29) is 30.1 Å². The molecule has 0 aromatic heterocycles. The normalized spacial score (nSPS) is 23.9. The van der Waals surface area contributed by atoms with Crippen LogP contribution in [0.2, 0.25) is 23.7 Å². The number of carbonyl (C=O) groups is 2. The second-order valence-electron chi connectivity index (χ2n) is 12.1. The number of aliphatic hydroxyl groups excluding tert-OH is 2. The highest BCUT2D eigenvalue weighted by atomic mass is 35.5. The summed E-state index contributed by atoms with van der Waals surface area (Å²) in [5.41, 5.74) is 1.71. The molecule has 1 spiro atoms. The first-order valence-electron chi connectivity index (χ1n) is 14.6. The van der Waals surface area contributed by atoms with E-state index in [1.807, 2.05) is 36.4 Å². The van der Waals surface area contributed by atoms with Gasteiger partial charge in [-0.1, -0.05) is 61.1 Å². The monoisotopic (exact) mass is 622 g/mol. The third-order valence-corrected chi connectivity index (χ3v) is 13.7. The summed E-state index contributed by atoms with van der Waals surface area (Å²) in [6, 6.07) is 20.9. The molecule has 3 aromatic carbocycles. The van der Waals surface area contributed by atoms with Crippen molar-refractivity contribution in [3.63, 3.8) is 0 Å². The number of rotatable bonds is 9. The zero-order valence-electron chi connectivity index (χ0n) is 25.1. The van der Waals surface area contributed by atoms with Crippen molar-refractivity contribution in [3.8, 4) is 5.75 Å². The van der Waals surface area contributed by atoms with Gasteiger partial charge < -0.3 is 29.9 Å². The molecule has 3 N–H and O–H groups in total. The van der Waals surface area contributed by atoms with Gasteiger partial charge in [-0.2, -0.15) is 0 Å². The average Bonchev–Trinajstić information content (AvgIpc) is 3.40. The zero-order valence-corrected chi connectivity index (χ0v) is 26.9. The minimum atomic E-state index is -2.28. The highest BCUT2D eigenvalue weighted by molar-refractivity contribution is 6.91. The van der Waals surface area contributed by atoms with Crippen molar-refractivity contribution in [1.82, 2.24) is 0 Å². The molecule has 8 nitrogen and oxygen atoms in total. The lowest BCUT2D eigenvalue weighted by molar-refractivity contribution is -0.146. The first-order valence-corrected chi connectivity index (χ1v) is 18.0. The van der Waals surface area contributed by atoms with Crippen LogP contribution in [0.3, 0.4) is 0 Å². The summed E-state index contributed by atoms with van der Waals surface area (Å²) in [5.74, 6) is -0.0405. The second kappa shape index (κ2) is 12.1. The number of amides is 2. The first kappa shape index (κ1) is 31.2. The predicted octanol–water partition coefficient (Wildman–Crippen LogP) is 4.81. The Hall–Kier alpha value is -3.21. The van der Waals surface area contributed by atoms with Crippen LogP contribution in [0.4, 0.5) is 11.4 Å². The van der Waals surface area contributed by atoms with Crippen molar-refractivity contribution >= 4 is 48.1 Å². The van der Waals surface area contributed by atoms with Crippen LogP contribution in [-0.2, 0) is 26.5 Å². The molecule has 0 aliphatic carbocycles. The van der Waals surface area contributed by atoms with Crippen LogP contribution in [0.1, 0.15) is 31.4 Å². The molecule has 0 saturated carbocycles. The van der Waals surface area contributed by atoms with Gasteiger partial charge in [0.05, 0.1) is 33.5 Å². The number of halogens is 1. The van der Waals surface area contributed by atoms with Gasteiger partial charge in [-0.05, 0) is 66.9 Å². The Balaban J connectivity index is 1.51. The zero-order chi connectivity index (χ0) is 31.1. The Labute approximate surface area is 258 Å². The molecule has 2 amide bonds. The standard InChI is InChI=1S/C33H39ClN2O6Si/c1-20-30(43(4,5)26-13-11-25(41-3)12-14-26)29(16-17-37)42-33(20)27-18-23(34)8-15-28(27)36(32(33)40)19-22-6-9-24(10-7-22)35-31(39)21(2)38/h6-15,18,20-21,29-30,37-38H,16-17,19H2,1-5H3,(H,35,39)/t20-,21+,29+,30-,33+/m1/s1. The number of aliphatic hydroxyl groups is 2. The predicted molar refractivity (Wildman–Crippen MR) is 171 cm³/mol. The van der Waals surface area contributed by atoms with Gasteiger partial charge in [0.2, 0.25) is 0 Å². The number of nitrogens with one attached hydrogen (secondary N) is 1. The maximum Gasteiger partial charge on any atom is 0.264 e. The van der Waals surface area contributed by atoms with E-state index in [4.69, 9.17) is 21.1 Å². The van der Waals surface area contributed by atoms with Gasteiger partial charge in [0.15, 0.2) is 5.60 Å². The molecule has 43 heavy (non-hydrogen) atoms. The van der Waals surface area contributed by atoms with Crippen molar-refractivity contribution < 1.29 is 29.3 Å². The fourth-order valence-electron chi connectivity index (χ4n) is 6.96. The maximum atomic E-state index is 14.7. The van der Waals surface area contributed by atoms with Crippen LogP contribution < -0.4 is 20.1 Å². The highest BCUT2D eigenvalue weighted by Gasteiger charge is 2.66. The van der Waals surface area contributed by atoms with Crippen LogP contribution >= 0.6 is 11.6 Å². The Morgan fingerprint density at radius 1 is 1.14 bits per heavy atom. The number of benzene rings is 3. The maximum absolute atomic E-state index is 14.7. The van der Waals surface area contributed by atoms with E-state index < -0.39 is 25.7 Å². The topological polar surface area (TPSA) is 108 Å². The van der Waals surface area contributed by atoms with Gasteiger partial charge in [-0.15, -0.1) is 0 Å². The SMILES string of the molecule is COc1ccc([Si](C)(C)[C@H]2[C@H](CCO)O[C@@]3(C(=O)N(Cc4ccc(NC(=O)[C@H](C)O)cc4)c4ccc(Cl)cc43)[C@@H]2C)cc1. The molecule has 3 aromatic rings. The number of fused-ring (bicyclic) bond motifs is 2. The smallest absolute Gasteiger partial charge is 0.264 e. The van der Waals surface area contributed by atoms with Crippen LogP contribution in [0.5, 0.6) is 5.75 Å². The van der Waals surface area contributed by atoms with Crippen LogP contribution in [0.25, 0.3) is 0 Å². The molecule has 0 unspecified atom stereocenters. The third-order valence-electron chi connectivity index (χ3n) is 9.15. The number of hydrogen-bond donors (Lipinski definition) is 3. The van der Waals surface area contributed by atoms with Gasteiger partial charge in [-0.25, -0.2) is 0 Å². The molecular formula is C33H39ClN2O6Si. The van der Waals surface area contributed by atoms with E-state index in [0.717, 1.165) is 22.6 Å². The molecule has 2 aliphatic heterocycles. The van der Waals surface area contributed by atoms with Crippen molar-refractivity contribution in [3.05, 3.63) is 82.9 Å². The van der Waals surface area contributed by atoms with E-state index in [9.17, 15) is 19.8 Å². The van der Waals surface area contributed by atoms with Gasteiger partial charge in [0, 0.05) is 28.8 Å². The Morgan fingerprint density at radius 3 is 2.42 bits per heavy atom. The summed E-state index contributed by atoms with van der Waals surface area (Å²) in [4.78, 5) is 28.3. The van der Waals surface area contributed by atoms with Crippen molar-refractivity contribution in [2.75, 3.05) is 23.9 Å². The summed E-state index contributed by atoms with van der Waals surface area (Å²) < 4.78 is 12.3. The summed E-state index contributed by atoms with van der Waals surface area (Å²) in [6.07, 6.45) is -1.02. The number of carbonyl (C=O) groups excluding carboxylic acids is 2. The lowest BCUT2D eigenvalue weighted by atomic mass is 9.82. The Bertz CT molecular complexity index is 1500. The van der Waals surface area contributed by atoms with Gasteiger partial charge in [-0.3, -0.25) is 9.59 Å². The molecule has 5 rings (SSSR count). The minimum Gasteiger partial charge on any atom is -0.497 e. The molecule has 0 bridgehead atoms. The fraction of sp³-hybridized carbons (Fsp3) is 0.394. The number of hydrogen-bond acceptors (Lipinski definition) is 6. The fourth-order valence-corrected chi connectivity index (χ4v) is 11.2. The van der Waals surface area contributed by atoms with Gasteiger partial charge in [0.25, 0.3) is 11.8 Å². The second-order valence-corrected chi connectivity index (χ2v) is 17.2. The lowest BCUT2D eigenvalue weighted by Gasteiger charge is -2.37. The molecule has 228 valence electrons. The number of ether oxygens (including phenoxy) is 2. The molecule has 2 aliphatic rings. The van der Waals surface area contributed by atoms with E-state index in [1.165, 1.54) is 12.1 Å². The molecule has 5 atom stereocenters. The summed E-state index contributed by atoms with van der Waals surface area (Å²) >= 11 is 6.54. The van der Waals surface area contributed by atoms with Gasteiger partial charge in [0.1, 0.15) is 11.9 Å². The molecule has 10 heteroatoms. The minimum absolute atomic E-state index is 0.0283. The Morgan fingerprint density at radius 2 is 1.81 bits per heavy atom. The van der Waals surface area contributed by atoms with Crippen molar-refractivity contribution in [2.45, 2.75) is 63.3 Å². The third kappa shape index (κ3) is 5.49. The summed E-state index contributed by atoms with van der Waals surface area (Å²) in [7, 11) is -0.627. The summed E-state index contributed by atoms with van der Waals surface area (Å²) in [6.45, 7) is 8.36. The van der Waals surface area contributed by atoms with Crippen LogP contribution in [0.15, 0.2) is 66.7 Å². The van der Waals surface area contributed by atoms with E-state index in [1.54, 1.807) is 30.2 Å². The lowest BCUT2D eigenvalue weighted by Crippen LogP contribution is -2.51. The first-order chi connectivity index (χ1) is 20.4. The Kier molecular flexibility index (Phi) is 8.75. The quantitative estimate of drug-likeness (QED) is 0.296. The molecular weight excluding hydrogens is 584 g/mol. The molecule has 2 heterocycles. The highest BCUT2D eigenvalue weighted by Crippen LogP contribution is 2.60. The van der Waals surface area contributed by atoms with Crippen LogP contribution in [-0.4, -0.2) is 56.0 Å². The molecule has 1 fully saturated rings. The van der Waals surface area contributed by atoms with E-state index in [0.29, 0.717) is 23.7 Å². The number of anilines is 2. The largest absolute Gasteiger partial charge is 0.497 e.